The van der Waals surface area contributed by atoms with E-state index in [1.165, 1.54) is 0 Å². The van der Waals surface area contributed by atoms with Gasteiger partial charge in [-0.2, -0.15) is 0 Å². The summed E-state index contributed by atoms with van der Waals surface area (Å²) in [6.45, 7) is 3.62. The van der Waals surface area contributed by atoms with Gasteiger partial charge in [-0.15, -0.1) is 0 Å². The second-order valence-electron chi connectivity index (χ2n) is 9.59. The minimum absolute atomic E-state index is 0.0235. The van der Waals surface area contributed by atoms with E-state index in [-0.39, 0.29) is 24.9 Å². The fraction of sp³-hybridized carbons (Fsp3) is 0.423. The fourth-order valence-corrected chi connectivity index (χ4v) is 4.74. The van der Waals surface area contributed by atoms with Crippen molar-refractivity contribution in [3.63, 3.8) is 0 Å². The number of carbonyl (C=O) groups excluding carboxylic acids is 2. The zero-order valence-corrected chi connectivity index (χ0v) is 19.0. The second kappa shape index (κ2) is 9.25. The van der Waals surface area contributed by atoms with Gasteiger partial charge < -0.3 is 20.5 Å². The van der Waals surface area contributed by atoms with Gasteiger partial charge in [0.15, 0.2) is 0 Å². The summed E-state index contributed by atoms with van der Waals surface area (Å²) in [6.07, 6.45) is 1.94. The molecule has 0 saturated heterocycles. The quantitative estimate of drug-likeness (QED) is 0.563. The lowest BCUT2D eigenvalue weighted by atomic mass is 9.79. The van der Waals surface area contributed by atoms with Gasteiger partial charge in [0.25, 0.3) is 0 Å². The molecule has 3 N–H and O–H groups in total. The van der Waals surface area contributed by atoms with Crippen molar-refractivity contribution < 1.29 is 24.2 Å². The zero-order chi connectivity index (χ0) is 23.6. The lowest BCUT2D eigenvalue weighted by molar-refractivity contribution is -0.144. The lowest BCUT2D eigenvalue weighted by Crippen LogP contribution is -2.52. The summed E-state index contributed by atoms with van der Waals surface area (Å²) in [5.41, 5.74) is 3.66. The molecule has 4 rings (SSSR count). The Morgan fingerprint density at radius 2 is 1.61 bits per heavy atom. The molecule has 2 aromatic carbocycles. The van der Waals surface area contributed by atoms with Crippen LogP contribution in [0.25, 0.3) is 11.1 Å². The third kappa shape index (κ3) is 5.02. The van der Waals surface area contributed by atoms with E-state index in [4.69, 9.17) is 4.74 Å². The molecule has 0 bridgehead atoms. The van der Waals surface area contributed by atoms with Crippen molar-refractivity contribution in [1.82, 2.24) is 10.6 Å². The molecule has 2 aliphatic carbocycles. The van der Waals surface area contributed by atoms with E-state index in [1.54, 1.807) is 13.8 Å². The van der Waals surface area contributed by atoms with E-state index >= 15 is 0 Å². The van der Waals surface area contributed by atoms with Crippen molar-refractivity contribution in [2.75, 3.05) is 6.61 Å². The molecular formula is C26H30N2O5. The maximum absolute atomic E-state index is 12.6. The van der Waals surface area contributed by atoms with Crippen LogP contribution >= 0.6 is 0 Å². The third-order valence-corrected chi connectivity index (χ3v) is 6.59. The van der Waals surface area contributed by atoms with Gasteiger partial charge in [0.1, 0.15) is 12.6 Å². The maximum Gasteiger partial charge on any atom is 0.407 e. The van der Waals surface area contributed by atoms with Crippen molar-refractivity contribution >= 4 is 18.0 Å². The number of ether oxygens (including phenoxy) is 1. The molecule has 2 amide bonds. The van der Waals surface area contributed by atoms with Crippen LogP contribution in [0.3, 0.4) is 0 Å². The SMILES string of the molecule is CC(C)(CC(=O)NC(C(=O)O)C1CCC1)NC(=O)OCC1c2ccccc2-c2ccccc21. The Labute approximate surface area is 193 Å². The largest absolute Gasteiger partial charge is 0.480 e. The summed E-state index contributed by atoms with van der Waals surface area (Å²) >= 11 is 0. The minimum atomic E-state index is -1.02. The molecule has 1 saturated carbocycles. The molecule has 7 heteroatoms. The van der Waals surface area contributed by atoms with Gasteiger partial charge >= 0.3 is 12.1 Å². The van der Waals surface area contributed by atoms with Crippen LogP contribution in [0.2, 0.25) is 0 Å². The number of rotatable bonds is 8. The van der Waals surface area contributed by atoms with Crippen LogP contribution in [0, 0.1) is 5.92 Å². The van der Waals surface area contributed by atoms with Crippen LogP contribution in [0.4, 0.5) is 4.79 Å². The van der Waals surface area contributed by atoms with Crippen molar-refractivity contribution in [2.24, 2.45) is 5.92 Å². The number of carboxylic acid groups (broad SMARTS) is 1. The highest BCUT2D eigenvalue weighted by atomic mass is 16.5. The van der Waals surface area contributed by atoms with E-state index in [1.807, 2.05) is 24.3 Å². The monoisotopic (exact) mass is 450 g/mol. The topological polar surface area (TPSA) is 105 Å². The molecule has 0 radical (unpaired) electrons. The Hall–Kier alpha value is -3.35. The van der Waals surface area contributed by atoms with Gasteiger partial charge in [0, 0.05) is 17.9 Å². The molecule has 0 spiro atoms. The Morgan fingerprint density at radius 1 is 1.03 bits per heavy atom. The number of carbonyl (C=O) groups is 3. The van der Waals surface area contributed by atoms with Crippen molar-refractivity contribution in [3.8, 4) is 11.1 Å². The molecule has 0 aliphatic heterocycles. The number of alkyl carbamates (subject to hydrolysis) is 1. The minimum Gasteiger partial charge on any atom is -0.480 e. The molecule has 1 fully saturated rings. The summed E-state index contributed by atoms with van der Waals surface area (Å²) in [6, 6.07) is 15.3. The van der Waals surface area contributed by atoms with Gasteiger partial charge in [-0.3, -0.25) is 4.79 Å². The molecule has 174 valence electrons. The molecule has 0 heterocycles. The number of hydrogen-bond donors (Lipinski definition) is 3. The molecule has 2 aromatic rings. The summed E-state index contributed by atoms with van der Waals surface area (Å²) in [5.74, 6) is -1.49. The van der Waals surface area contributed by atoms with Gasteiger partial charge in [0.2, 0.25) is 5.91 Å². The highest BCUT2D eigenvalue weighted by Crippen LogP contribution is 2.44. The maximum atomic E-state index is 12.6. The van der Waals surface area contributed by atoms with Crippen LogP contribution < -0.4 is 10.6 Å². The predicted molar refractivity (Wildman–Crippen MR) is 124 cm³/mol. The lowest BCUT2D eigenvalue weighted by Gasteiger charge is -2.32. The first-order chi connectivity index (χ1) is 15.7. The summed E-state index contributed by atoms with van der Waals surface area (Å²) < 4.78 is 5.57. The Kier molecular flexibility index (Phi) is 6.40. The van der Waals surface area contributed by atoms with Crippen LogP contribution in [0.15, 0.2) is 48.5 Å². The van der Waals surface area contributed by atoms with Gasteiger partial charge in [-0.05, 0) is 54.9 Å². The van der Waals surface area contributed by atoms with Crippen molar-refractivity contribution in [2.45, 2.75) is 57.0 Å². The molecule has 2 aliphatic rings. The number of fused-ring (bicyclic) bond motifs is 3. The molecular weight excluding hydrogens is 420 g/mol. The highest BCUT2D eigenvalue weighted by molar-refractivity contribution is 5.85. The Balaban J connectivity index is 1.33. The smallest absolute Gasteiger partial charge is 0.407 e. The van der Waals surface area contributed by atoms with E-state index in [0.29, 0.717) is 0 Å². The number of amides is 2. The van der Waals surface area contributed by atoms with Crippen LogP contribution in [0.1, 0.15) is 56.6 Å². The highest BCUT2D eigenvalue weighted by Gasteiger charge is 2.35. The first kappa shape index (κ1) is 22.8. The molecule has 33 heavy (non-hydrogen) atoms. The number of hydrogen-bond acceptors (Lipinski definition) is 4. The summed E-state index contributed by atoms with van der Waals surface area (Å²) in [5, 5.41) is 14.8. The first-order valence-corrected chi connectivity index (χ1v) is 11.4. The number of aliphatic carboxylic acids is 1. The molecule has 7 nitrogen and oxygen atoms in total. The molecule has 1 atom stereocenters. The summed E-state index contributed by atoms with van der Waals surface area (Å²) in [7, 11) is 0. The van der Waals surface area contributed by atoms with Crippen LogP contribution in [0.5, 0.6) is 0 Å². The van der Waals surface area contributed by atoms with Gasteiger partial charge in [0.05, 0.1) is 0 Å². The zero-order valence-electron chi connectivity index (χ0n) is 19.0. The number of nitrogens with one attached hydrogen (secondary N) is 2. The average Bonchev–Trinajstić information content (AvgIpc) is 3.03. The van der Waals surface area contributed by atoms with Crippen molar-refractivity contribution in [3.05, 3.63) is 59.7 Å². The number of benzene rings is 2. The molecule has 1 unspecified atom stereocenters. The van der Waals surface area contributed by atoms with Gasteiger partial charge in [-0.25, -0.2) is 9.59 Å². The average molecular weight is 451 g/mol. The second-order valence-corrected chi connectivity index (χ2v) is 9.59. The number of carboxylic acids is 1. The van der Waals surface area contributed by atoms with E-state index < -0.39 is 29.6 Å². The first-order valence-electron chi connectivity index (χ1n) is 11.4. The Morgan fingerprint density at radius 3 is 2.12 bits per heavy atom. The summed E-state index contributed by atoms with van der Waals surface area (Å²) in [4.78, 5) is 36.5. The van der Waals surface area contributed by atoms with Gasteiger partial charge in [-0.1, -0.05) is 55.0 Å². The Bertz CT molecular complexity index is 1010. The van der Waals surface area contributed by atoms with Crippen molar-refractivity contribution in [1.29, 1.82) is 0 Å². The van der Waals surface area contributed by atoms with Crippen LogP contribution in [-0.2, 0) is 14.3 Å². The van der Waals surface area contributed by atoms with E-state index in [2.05, 4.69) is 34.9 Å². The normalized spacial score (nSPS) is 16.2. The standard InChI is InChI=1S/C26H30N2O5/c1-26(2,14-22(29)27-23(24(30)31)16-8-7-9-16)28-25(32)33-15-21-19-12-5-3-10-17(19)18-11-4-6-13-20(18)21/h3-6,10-13,16,21,23H,7-9,14-15H2,1-2H3,(H,27,29)(H,28,32)(H,30,31). The van der Waals surface area contributed by atoms with Crippen LogP contribution in [-0.4, -0.2) is 41.3 Å². The fourth-order valence-electron chi connectivity index (χ4n) is 4.74. The predicted octanol–water partition coefficient (Wildman–Crippen LogP) is 4.06. The molecule has 0 aromatic heterocycles. The van der Waals surface area contributed by atoms with E-state index in [0.717, 1.165) is 41.5 Å². The third-order valence-electron chi connectivity index (χ3n) is 6.59. The van der Waals surface area contributed by atoms with E-state index in [9.17, 15) is 19.5 Å².